The van der Waals surface area contributed by atoms with Crippen LogP contribution < -0.4 is 5.56 Å². The number of nitrogens with zero attached hydrogens (tertiary/aromatic N) is 2. The van der Waals surface area contributed by atoms with Crippen molar-refractivity contribution in [3.05, 3.63) is 39.3 Å². The van der Waals surface area contributed by atoms with Crippen LogP contribution in [0.15, 0.2) is 17.4 Å². The quantitative estimate of drug-likeness (QED) is 0.306. The number of nitrogens with one attached hydrogen (secondary N) is 1. The van der Waals surface area contributed by atoms with Crippen molar-refractivity contribution in [1.29, 1.82) is 0 Å². The first-order valence-corrected chi connectivity index (χ1v) is 10.5. The molecule has 2 aromatic rings. The smallest absolute Gasteiger partial charge is 0.348 e. The lowest BCUT2D eigenvalue weighted by molar-refractivity contribution is 0.0241. The van der Waals surface area contributed by atoms with Gasteiger partial charge in [-0.3, -0.25) is 9.69 Å². The van der Waals surface area contributed by atoms with Crippen LogP contribution >= 0.6 is 11.3 Å². The highest BCUT2D eigenvalue weighted by atomic mass is 32.1. The van der Waals surface area contributed by atoms with Crippen LogP contribution in [0, 0.1) is 6.92 Å². The molecule has 2 rings (SSSR count). The molecule has 0 saturated carbocycles. The fourth-order valence-electron chi connectivity index (χ4n) is 3.06. The second kappa shape index (κ2) is 11.2. The zero-order valence-electron chi connectivity index (χ0n) is 17.2. The van der Waals surface area contributed by atoms with E-state index >= 15 is 0 Å². The lowest BCUT2D eigenvalue weighted by Crippen LogP contribution is -2.36. The summed E-state index contributed by atoms with van der Waals surface area (Å²) in [4.78, 5) is 35.0. The summed E-state index contributed by atoms with van der Waals surface area (Å²) in [6.45, 7) is 11.5. The van der Waals surface area contributed by atoms with E-state index in [1.54, 1.807) is 19.9 Å². The molecule has 0 aliphatic carbocycles. The molecule has 2 N–H and O–H groups in total. The monoisotopic (exact) mass is 423 g/mol. The first-order chi connectivity index (χ1) is 13.9. The van der Waals surface area contributed by atoms with Crippen molar-refractivity contribution < 1.29 is 19.4 Å². The van der Waals surface area contributed by atoms with Gasteiger partial charge in [-0.1, -0.05) is 13.0 Å². The predicted molar refractivity (Wildman–Crippen MR) is 114 cm³/mol. The number of aliphatic hydroxyl groups is 1. The van der Waals surface area contributed by atoms with Crippen LogP contribution in [0.1, 0.15) is 41.3 Å². The van der Waals surface area contributed by atoms with Gasteiger partial charge in [0.25, 0.3) is 5.56 Å². The highest BCUT2D eigenvalue weighted by Crippen LogP contribution is 2.27. The van der Waals surface area contributed by atoms with E-state index in [4.69, 9.17) is 9.47 Å². The topological polar surface area (TPSA) is 105 Å². The number of H-pyrrole nitrogens is 1. The van der Waals surface area contributed by atoms with E-state index in [0.717, 1.165) is 13.0 Å². The van der Waals surface area contributed by atoms with E-state index in [2.05, 4.69) is 16.5 Å². The molecule has 160 valence electrons. The van der Waals surface area contributed by atoms with Crippen molar-refractivity contribution in [2.45, 2.75) is 39.8 Å². The van der Waals surface area contributed by atoms with Gasteiger partial charge in [-0.25, -0.2) is 9.78 Å². The molecule has 29 heavy (non-hydrogen) atoms. The maximum atomic E-state index is 12.6. The molecule has 2 aromatic heterocycles. The molecule has 0 spiro atoms. The Morgan fingerprint density at radius 2 is 2.21 bits per heavy atom. The lowest BCUT2D eigenvalue weighted by Gasteiger charge is -2.24. The number of aryl methyl sites for hydroxylation is 1. The Kier molecular flexibility index (Phi) is 8.97. The van der Waals surface area contributed by atoms with Crippen LogP contribution in [0.3, 0.4) is 0 Å². The van der Waals surface area contributed by atoms with Crippen molar-refractivity contribution in [1.82, 2.24) is 14.9 Å². The molecule has 2 heterocycles. The van der Waals surface area contributed by atoms with Gasteiger partial charge in [0.1, 0.15) is 15.5 Å². The van der Waals surface area contributed by atoms with Gasteiger partial charge in [0.05, 0.1) is 37.9 Å². The molecule has 8 nitrogen and oxygen atoms in total. The number of esters is 1. The summed E-state index contributed by atoms with van der Waals surface area (Å²) >= 11 is 1.17. The zero-order valence-corrected chi connectivity index (χ0v) is 18.0. The number of carbonyl (C=O) groups is 1. The number of aromatic amines is 1. The number of rotatable bonds is 12. The largest absolute Gasteiger partial charge is 0.462 e. The predicted octanol–water partition coefficient (Wildman–Crippen LogP) is 2.25. The molecule has 0 amide bonds. The summed E-state index contributed by atoms with van der Waals surface area (Å²) in [5, 5.41) is 10.6. The van der Waals surface area contributed by atoms with Crippen LogP contribution in [-0.4, -0.2) is 65.0 Å². The van der Waals surface area contributed by atoms with Gasteiger partial charge < -0.3 is 19.6 Å². The van der Waals surface area contributed by atoms with Gasteiger partial charge in [-0.05, 0) is 32.4 Å². The Hall–Kier alpha value is -2.07. The summed E-state index contributed by atoms with van der Waals surface area (Å²) < 4.78 is 10.4. The van der Waals surface area contributed by atoms with Crippen LogP contribution in [0.25, 0.3) is 10.2 Å². The average molecular weight is 424 g/mol. The first-order valence-electron chi connectivity index (χ1n) is 9.69. The fourth-order valence-corrected chi connectivity index (χ4v) is 4.15. The van der Waals surface area contributed by atoms with E-state index in [-0.39, 0.29) is 18.8 Å². The first kappa shape index (κ1) is 23.2. The number of ether oxygens (including phenoxy) is 2. The molecule has 0 aliphatic heterocycles. The summed E-state index contributed by atoms with van der Waals surface area (Å²) in [6.07, 6.45) is 1.86. The number of hydrogen-bond acceptors (Lipinski definition) is 8. The van der Waals surface area contributed by atoms with Gasteiger partial charge in [-0.2, -0.15) is 0 Å². The maximum absolute atomic E-state index is 12.6. The number of fused-ring (bicyclic) bond motifs is 1. The van der Waals surface area contributed by atoms with E-state index in [1.807, 2.05) is 11.8 Å². The molecule has 1 atom stereocenters. The molecule has 0 fully saturated rings. The van der Waals surface area contributed by atoms with E-state index < -0.39 is 12.1 Å². The van der Waals surface area contributed by atoms with Crippen molar-refractivity contribution in [2.75, 3.05) is 32.9 Å². The van der Waals surface area contributed by atoms with Crippen LogP contribution in [-0.2, 0) is 16.0 Å². The van der Waals surface area contributed by atoms with Gasteiger partial charge in [-0.15, -0.1) is 17.9 Å². The van der Waals surface area contributed by atoms with Crippen LogP contribution in [0.2, 0.25) is 0 Å². The summed E-state index contributed by atoms with van der Waals surface area (Å²) in [7, 11) is 0. The molecular formula is C20H29N3O5S. The van der Waals surface area contributed by atoms with Gasteiger partial charge in [0, 0.05) is 6.54 Å². The molecule has 9 heteroatoms. The SMILES string of the molecule is C=CCOC[C@@H](O)CN(CCC)Cc1nc2sc(C(=O)OCC)c(C)c2c(=O)[nH]1. The number of aliphatic hydroxyl groups excluding tert-OH is 1. The highest BCUT2D eigenvalue weighted by Gasteiger charge is 2.21. The van der Waals surface area contributed by atoms with Gasteiger partial charge >= 0.3 is 5.97 Å². The minimum Gasteiger partial charge on any atom is -0.462 e. The molecule has 0 unspecified atom stereocenters. The summed E-state index contributed by atoms with van der Waals surface area (Å²) in [6, 6.07) is 0. The van der Waals surface area contributed by atoms with Crippen molar-refractivity contribution in [3.8, 4) is 0 Å². The molecule has 0 bridgehead atoms. The normalized spacial score (nSPS) is 12.4. The zero-order chi connectivity index (χ0) is 21.4. The molecular weight excluding hydrogens is 394 g/mol. The Morgan fingerprint density at radius 1 is 1.45 bits per heavy atom. The van der Waals surface area contributed by atoms with Crippen LogP contribution in [0.5, 0.6) is 0 Å². The second-order valence-electron chi connectivity index (χ2n) is 6.68. The third-order valence-electron chi connectivity index (χ3n) is 4.24. The Morgan fingerprint density at radius 3 is 2.86 bits per heavy atom. The Labute approximate surface area is 174 Å². The van der Waals surface area contributed by atoms with Crippen molar-refractivity contribution in [3.63, 3.8) is 0 Å². The van der Waals surface area contributed by atoms with E-state index in [1.165, 1.54) is 11.3 Å². The third kappa shape index (κ3) is 6.20. The third-order valence-corrected chi connectivity index (χ3v) is 5.40. The number of thiophene rings is 1. The fraction of sp³-hybridized carbons (Fsp3) is 0.550. The molecule has 0 saturated heterocycles. The molecule has 0 radical (unpaired) electrons. The van der Waals surface area contributed by atoms with Gasteiger partial charge in [0.2, 0.25) is 0 Å². The number of hydrogen-bond donors (Lipinski definition) is 2. The summed E-state index contributed by atoms with van der Waals surface area (Å²) in [5.74, 6) is 0.0519. The lowest BCUT2D eigenvalue weighted by atomic mass is 10.2. The summed E-state index contributed by atoms with van der Waals surface area (Å²) in [5.41, 5.74) is 0.310. The highest BCUT2D eigenvalue weighted by molar-refractivity contribution is 7.20. The molecule has 0 aromatic carbocycles. The number of aromatic nitrogens is 2. The second-order valence-corrected chi connectivity index (χ2v) is 7.68. The Bertz CT molecular complexity index is 892. The standard InChI is InChI=1S/C20H29N3O5S/c1-5-8-23(10-14(24)12-27-9-6-2)11-15-21-18(25)16-13(4)17(20(26)28-7-3)29-19(16)22-15/h6,14,24H,2,5,7-12H2,1,3-4H3,(H,21,22,25)/t14-/m0/s1. The Balaban J connectivity index is 2.21. The maximum Gasteiger partial charge on any atom is 0.348 e. The van der Waals surface area contributed by atoms with E-state index in [0.29, 0.717) is 46.2 Å². The van der Waals surface area contributed by atoms with Crippen molar-refractivity contribution >= 4 is 27.5 Å². The van der Waals surface area contributed by atoms with Crippen LogP contribution in [0.4, 0.5) is 0 Å². The minimum atomic E-state index is -0.656. The van der Waals surface area contributed by atoms with Crippen molar-refractivity contribution in [2.24, 2.45) is 0 Å². The minimum absolute atomic E-state index is 0.211. The van der Waals surface area contributed by atoms with E-state index in [9.17, 15) is 14.7 Å². The van der Waals surface area contributed by atoms with Gasteiger partial charge in [0.15, 0.2) is 0 Å². The average Bonchev–Trinajstić information content (AvgIpc) is 2.99. The molecule has 0 aliphatic rings. The number of carbonyl (C=O) groups excluding carboxylic acids is 1.